The van der Waals surface area contributed by atoms with Gasteiger partial charge < -0.3 is 20.3 Å². The summed E-state index contributed by atoms with van der Waals surface area (Å²) in [5.74, 6) is -0.0508. The van der Waals surface area contributed by atoms with Gasteiger partial charge in [-0.05, 0) is 76.8 Å². The zero-order valence-corrected chi connectivity index (χ0v) is 25.9. The van der Waals surface area contributed by atoms with Crippen LogP contribution in [0.1, 0.15) is 82.6 Å². The number of aromatic nitrogens is 2. The van der Waals surface area contributed by atoms with E-state index in [0.717, 1.165) is 74.1 Å². The number of benzene rings is 1. The van der Waals surface area contributed by atoms with Crippen LogP contribution in [-0.4, -0.2) is 83.5 Å². The Morgan fingerprint density at radius 1 is 1.17 bits per heavy atom. The first-order valence-corrected chi connectivity index (χ1v) is 15.9. The minimum Gasteiger partial charge on any atom is -0.376 e. The maximum Gasteiger partial charge on any atom is 0.251 e. The number of carbonyl (C=O) groups excluding carboxylic acids is 2. The number of hydrogen-bond acceptors (Lipinski definition) is 6. The quantitative estimate of drug-likeness (QED) is 0.454. The molecule has 226 valence electrons. The van der Waals surface area contributed by atoms with Crippen molar-refractivity contribution in [1.29, 1.82) is 0 Å². The number of fused-ring (bicyclic) bond motifs is 1. The van der Waals surface area contributed by atoms with Gasteiger partial charge in [-0.15, -0.1) is 0 Å². The minimum atomic E-state index is -0.210. The van der Waals surface area contributed by atoms with Crippen molar-refractivity contribution in [3.63, 3.8) is 0 Å². The van der Waals surface area contributed by atoms with Gasteiger partial charge in [-0.25, -0.2) is 0 Å². The lowest BCUT2D eigenvalue weighted by atomic mass is 9.84. The normalized spacial score (nSPS) is 27.5. The smallest absolute Gasteiger partial charge is 0.251 e. The van der Waals surface area contributed by atoms with Crippen LogP contribution >= 0.6 is 0 Å². The number of nitrogens with zero attached hydrogens (tertiary/aromatic N) is 4. The van der Waals surface area contributed by atoms with Gasteiger partial charge >= 0.3 is 0 Å². The topological polar surface area (TPSA) is 91.7 Å². The van der Waals surface area contributed by atoms with E-state index >= 15 is 0 Å². The Hall–Kier alpha value is -2.65. The van der Waals surface area contributed by atoms with E-state index in [1.165, 1.54) is 12.8 Å². The fraction of sp³-hybridized carbons (Fsp3) is 0.719. The average Bonchev–Trinajstić information content (AvgIpc) is 3.30. The molecular weight excluding hydrogens is 516 g/mol. The fourth-order valence-electron chi connectivity index (χ4n) is 7.63. The van der Waals surface area contributed by atoms with Crippen LogP contribution in [0.15, 0.2) is 12.3 Å². The average molecular weight is 567 g/mol. The van der Waals surface area contributed by atoms with Crippen molar-refractivity contribution in [3.8, 4) is 0 Å². The third-order valence-corrected chi connectivity index (χ3v) is 9.88. The molecule has 2 amide bonds. The number of nitrogens with one attached hydrogen (secondary N) is 2. The van der Waals surface area contributed by atoms with Gasteiger partial charge in [0.25, 0.3) is 5.91 Å². The zero-order chi connectivity index (χ0) is 29.3. The monoisotopic (exact) mass is 566 g/mol. The van der Waals surface area contributed by atoms with Gasteiger partial charge in [-0.1, -0.05) is 13.8 Å². The summed E-state index contributed by atoms with van der Waals surface area (Å²) in [6, 6.07) is 3.25. The molecule has 1 saturated carbocycles. The molecule has 0 radical (unpaired) electrons. The molecule has 0 bridgehead atoms. The zero-order valence-electron chi connectivity index (χ0n) is 25.9. The van der Waals surface area contributed by atoms with E-state index < -0.39 is 0 Å². The van der Waals surface area contributed by atoms with Gasteiger partial charge in [0.15, 0.2) is 0 Å². The van der Waals surface area contributed by atoms with Gasteiger partial charge in [-0.3, -0.25) is 19.2 Å². The summed E-state index contributed by atoms with van der Waals surface area (Å²) < 4.78 is 7.66. The molecule has 41 heavy (non-hydrogen) atoms. The number of anilines is 1. The number of piperidine rings is 1. The second-order valence-electron chi connectivity index (χ2n) is 12.5. The van der Waals surface area contributed by atoms with Crippen molar-refractivity contribution >= 4 is 28.4 Å². The highest BCUT2D eigenvalue weighted by Gasteiger charge is 2.37. The van der Waals surface area contributed by atoms with Gasteiger partial charge in [0.1, 0.15) is 0 Å². The third-order valence-electron chi connectivity index (χ3n) is 9.88. The lowest BCUT2D eigenvalue weighted by Gasteiger charge is -2.47. The lowest BCUT2D eigenvalue weighted by Crippen LogP contribution is -2.57. The van der Waals surface area contributed by atoms with Crippen LogP contribution in [0.5, 0.6) is 0 Å². The van der Waals surface area contributed by atoms with Gasteiger partial charge in [-0.2, -0.15) is 5.10 Å². The fourth-order valence-corrected chi connectivity index (χ4v) is 7.63. The molecule has 1 aromatic heterocycles. The molecular formula is C32H50N6O3. The van der Waals surface area contributed by atoms with E-state index in [9.17, 15) is 9.59 Å². The summed E-state index contributed by atoms with van der Waals surface area (Å²) in [4.78, 5) is 31.6. The molecule has 9 heteroatoms. The Morgan fingerprint density at radius 2 is 1.90 bits per heavy atom. The predicted molar refractivity (Wildman–Crippen MR) is 163 cm³/mol. The molecule has 9 nitrogen and oxygen atoms in total. The number of carbonyl (C=O) groups is 2. The van der Waals surface area contributed by atoms with E-state index in [1.807, 2.05) is 30.9 Å². The van der Waals surface area contributed by atoms with Gasteiger partial charge in [0, 0.05) is 68.9 Å². The first-order chi connectivity index (χ1) is 19.7. The summed E-state index contributed by atoms with van der Waals surface area (Å²) in [5.41, 5.74) is 3.90. The standard InChI is InChI=1S/C32H50N6O3/c1-7-25-26(31(39)33-16-27-20(4)14-21(5)35-32(27)40)15-29-28(17-34-36(29)6)30(25)38(8-2)23-12-10-22(11-13-23)37-18-24(19-37)41-9-3/h15,17,20-24,27H,7-14,16,18-19H2,1-6H3,(H,33,39)(H,35,40). The number of ether oxygens (including phenoxy) is 1. The van der Waals surface area contributed by atoms with Crippen molar-refractivity contribution in [2.45, 2.75) is 97.4 Å². The van der Waals surface area contributed by atoms with Crippen LogP contribution in [0.25, 0.3) is 10.9 Å². The SMILES string of the molecule is CCOC1CN(C2CCC(N(CC)c3c(CC)c(C(=O)NCC4C(=O)NC(C)CC4C)cc4c3cnn4C)CC2)C1. The number of likely N-dealkylation sites (tertiary alicyclic amines) is 1. The molecule has 2 saturated heterocycles. The van der Waals surface area contributed by atoms with E-state index in [0.29, 0.717) is 30.3 Å². The largest absolute Gasteiger partial charge is 0.376 e. The molecule has 3 unspecified atom stereocenters. The molecule has 2 N–H and O–H groups in total. The molecule has 5 rings (SSSR count). The van der Waals surface area contributed by atoms with Crippen molar-refractivity contribution in [3.05, 3.63) is 23.4 Å². The molecule has 3 fully saturated rings. The minimum absolute atomic E-state index is 0.0365. The van der Waals surface area contributed by atoms with Crippen LogP contribution in [0, 0.1) is 11.8 Å². The molecule has 1 aliphatic carbocycles. The maximum atomic E-state index is 13.8. The summed E-state index contributed by atoms with van der Waals surface area (Å²) in [7, 11) is 1.94. The van der Waals surface area contributed by atoms with E-state index in [-0.39, 0.29) is 29.7 Å². The van der Waals surface area contributed by atoms with Crippen molar-refractivity contribution < 1.29 is 14.3 Å². The van der Waals surface area contributed by atoms with E-state index in [2.05, 4.69) is 53.2 Å². The Bertz CT molecular complexity index is 1230. The summed E-state index contributed by atoms with van der Waals surface area (Å²) in [6.07, 6.45) is 8.71. The Balaban J connectivity index is 1.36. The highest BCUT2D eigenvalue weighted by molar-refractivity contribution is 6.05. The molecule has 3 heterocycles. The number of hydrogen-bond donors (Lipinski definition) is 2. The number of amides is 2. The molecule has 3 aliphatic rings. The molecule has 2 aliphatic heterocycles. The highest BCUT2D eigenvalue weighted by atomic mass is 16.5. The van der Waals surface area contributed by atoms with E-state index in [4.69, 9.17) is 4.74 Å². The van der Waals surface area contributed by atoms with Crippen molar-refractivity contribution in [2.75, 3.05) is 37.7 Å². The van der Waals surface area contributed by atoms with Crippen LogP contribution in [-0.2, 0) is 23.0 Å². The Morgan fingerprint density at radius 3 is 2.54 bits per heavy atom. The second kappa shape index (κ2) is 12.7. The number of rotatable bonds is 10. The van der Waals surface area contributed by atoms with E-state index in [1.54, 1.807) is 0 Å². The van der Waals surface area contributed by atoms with Crippen molar-refractivity contribution in [1.82, 2.24) is 25.3 Å². The second-order valence-corrected chi connectivity index (χ2v) is 12.5. The predicted octanol–water partition coefficient (Wildman–Crippen LogP) is 3.88. The summed E-state index contributed by atoms with van der Waals surface area (Å²) in [5, 5.41) is 11.9. The number of aryl methyl sites for hydroxylation is 1. The van der Waals surface area contributed by atoms with Crippen LogP contribution in [0.2, 0.25) is 0 Å². The Kier molecular flexibility index (Phi) is 9.24. The van der Waals surface area contributed by atoms with Crippen LogP contribution in [0.3, 0.4) is 0 Å². The van der Waals surface area contributed by atoms with Crippen LogP contribution in [0.4, 0.5) is 5.69 Å². The first-order valence-electron chi connectivity index (χ1n) is 15.9. The van der Waals surface area contributed by atoms with Gasteiger partial charge in [0.2, 0.25) is 5.91 Å². The lowest BCUT2D eigenvalue weighted by molar-refractivity contribution is -0.129. The summed E-state index contributed by atoms with van der Waals surface area (Å²) >= 11 is 0. The molecule has 1 aromatic carbocycles. The molecule has 0 spiro atoms. The summed E-state index contributed by atoms with van der Waals surface area (Å²) in [6.45, 7) is 14.7. The van der Waals surface area contributed by atoms with Crippen molar-refractivity contribution in [2.24, 2.45) is 18.9 Å². The third kappa shape index (κ3) is 5.98. The molecule has 2 aromatic rings. The first kappa shape index (κ1) is 29.8. The maximum absolute atomic E-state index is 13.8. The Labute approximate surface area is 245 Å². The highest BCUT2D eigenvalue weighted by Crippen LogP contribution is 2.39. The van der Waals surface area contributed by atoms with Crippen LogP contribution < -0.4 is 15.5 Å². The van der Waals surface area contributed by atoms with Gasteiger partial charge in [0.05, 0.1) is 29.4 Å². The molecule has 3 atom stereocenters.